The van der Waals surface area contributed by atoms with Gasteiger partial charge >= 0.3 is 0 Å². The fraction of sp³-hybridized carbons (Fsp3) is 0.353. The first-order valence-electron chi connectivity index (χ1n) is 7.25. The maximum absolute atomic E-state index is 6.66. The summed E-state index contributed by atoms with van der Waals surface area (Å²) < 4.78 is 0. The van der Waals surface area contributed by atoms with Crippen molar-refractivity contribution in [1.82, 2.24) is 4.98 Å². The van der Waals surface area contributed by atoms with Crippen molar-refractivity contribution in [3.63, 3.8) is 0 Å². The van der Waals surface area contributed by atoms with Gasteiger partial charge in [0.1, 0.15) is 0 Å². The summed E-state index contributed by atoms with van der Waals surface area (Å²) in [5, 5.41) is 0. The number of pyridine rings is 1. The normalized spacial score (nSPS) is 25.2. The predicted molar refractivity (Wildman–Crippen MR) is 83.2 cm³/mol. The number of benzene rings is 1. The molecular formula is C17H18N2S. The van der Waals surface area contributed by atoms with Gasteiger partial charge in [-0.05, 0) is 36.1 Å². The first kappa shape index (κ1) is 12.4. The molecule has 3 atom stereocenters. The Hall–Kier alpha value is -1.32. The Balaban J connectivity index is 1.65. The highest BCUT2D eigenvalue weighted by molar-refractivity contribution is 7.99. The van der Waals surface area contributed by atoms with E-state index in [0.717, 1.165) is 18.6 Å². The molecule has 2 aromatic rings. The monoisotopic (exact) mass is 282 g/mol. The Bertz CT molecular complexity index is 585. The van der Waals surface area contributed by atoms with E-state index >= 15 is 0 Å². The molecule has 0 spiro atoms. The summed E-state index contributed by atoms with van der Waals surface area (Å²) in [6, 6.07) is 13.1. The van der Waals surface area contributed by atoms with Crippen LogP contribution in [0, 0.1) is 0 Å². The Morgan fingerprint density at radius 2 is 2.05 bits per heavy atom. The average Bonchev–Trinajstić information content (AvgIpc) is 3.11. The molecular weight excluding hydrogens is 264 g/mol. The maximum Gasteiger partial charge on any atom is 0.0482 e. The van der Waals surface area contributed by atoms with Crippen LogP contribution in [0.15, 0.2) is 47.5 Å². The van der Waals surface area contributed by atoms with Gasteiger partial charge in [0.15, 0.2) is 0 Å². The second-order valence-corrected chi connectivity index (χ2v) is 6.79. The number of nitrogens with zero attached hydrogens (tertiary/aromatic N) is 1. The van der Waals surface area contributed by atoms with Crippen LogP contribution in [0.25, 0.3) is 0 Å². The molecule has 1 aliphatic carbocycles. The molecule has 1 aliphatic heterocycles. The molecule has 0 radical (unpaired) electrons. The second-order valence-electron chi connectivity index (χ2n) is 5.73. The van der Waals surface area contributed by atoms with Gasteiger partial charge in [0, 0.05) is 40.4 Å². The molecule has 3 unspecified atom stereocenters. The summed E-state index contributed by atoms with van der Waals surface area (Å²) >= 11 is 1.94. The minimum Gasteiger partial charge on any atom is -0.327 e. The third-order valence-corrected chi connectivity index (χ3v) is 5.88. The SMILES string of the molecule is NC(C1CSc2ccccc21)C1CCc2cccnc21. The van der Waals surface area contributed by atoms with E-state index < -0.39 is 0 Å². The molecule has 4 rings (SSSR count). The molecule has 2 aliphatic rings. The predicted octanol–water partition coefficient (Wildman–Crippen LogP) is 3.33. The lowest BCUT2D eigenvalue weighted by molar-refractivity contribution is 0.464. The lowest BCUT2D eigenvalue weighted by Gasteiger charge is -2.25. The molecule has 2 nitrogen and oxygen atoms in total. The second kappa shape index (κ2) is 4.90. The van der Waals surface area contributed by atoms with E-state index in [1.807, 2.05) is 24.0 Å². The van der Waals surface area contributed by atoms with Gasteiger partial charge in [-0.1, -0.05) is 24.3 Å². The van der Waals surface area contributed by atoms with E-state index in [4.69, 9.17) is 5.73 Å². The fourth-order valence-corrected chi connectivity index (χ4v) is 4.93. The zero-order valence-corrected chi connectivity index (χ0v) is 12.1. The van der Waals surface area contributed by atoms with Gasteiger partial charge in [0.05, 0.1) is 0 Å². The highest BCUT2D eigenvalue weighted by Gasteiger charge is 2.36. The molecule has 0 saturated heterocycles. The van der Waals surface area contributed by atoms with Crippen LogP contribution >= 0.6 is 11.8 Å². The minimum atomic E-state index is 0.183. The van der Waals surface area contributed by atoms with Crippen molar-refractivity contribution in [2.24, 2.45) is 5.73 Å². The van der Waals surface area contributed by atoms with Crippen molar-refractivity contribution in [2.45, 2.75) is 35.6 Å². The Morgan fingerprint density at radius 3 is 3.00 bits per heavy atom. The van der Waals surface area contributed by atoms with Gasteiger partial charge in [-0.15, -0.1) is 11.8 Å². The Kier molecular flexibility index (Phi) is 3.04. The number of aryl methyl sites for hydroxylation is 1. The summed E-state index contributed by atoms with van der Waals surface area (Å²) in [5.74, 6) is 2.00. The molecule has 0 saturated carbocycles. The number of hydrogen-bond donors (Lipinski definition) is 1. The Morgan fingerprint density at radius 1 is 1.15 bits per heavy atom. The third kappa shape index (κ3) is 1.88. The number of thioether (sulfide) groups is 1. The molecule has 0 bridgehead atoms. The van der Waals surface area contributed by atoms with E-state index in [9.17, 15) is 0 Å². The number of nitrogens with two attached hydrogens (primary N) is 1. The first-order valence-corrected chi connectivity index (χ1v) is 8.24. The van der Waals surface area contributed by atoms with Crippen LogP contribution in [0.2, 0.25) is 0 Å². The lowest BCUT2D eigenvalue weighted by Crippen LogP contribution is -2.34. The molecule has 3 heteroatoms. The fourth-order valence-electron chi connectivity index (χ4n) is 3.61. The molecule has 102 valence electrons. The largest absolute Gasteiger partial charge is 0.327 e. The van der Waals surface area contributed by atoms with Crippen LogP contribution in [-0.2, 0) is 6.42 Å². The first-order chi connectivity index (χ1) is 9.84. The van der Waals surface area contributed by atoms with E-state index in [2.05, 4.69) is 35.3 Å². The number of rotatable bonds is 2. The van der Waals surface area contributed by atoms with E-state index in [-0.39, 0.29) is 6.04 Å². The Labute approximate surface area is 123 Å². The lowest BCUT2D eigenvalue weighted by atomic mass is 9.84. The van der Waals surface area contributed by atoms with Gasteiger partial charge in [0.2, 0.25) is 0 Å². The third-order valence-electron chi connectivity index (χ3n) is 4.67. The van der Waals surface area contributed by atoms with Crippen molar-refractivity contribution in [1.29, 1.82) is 0 Å². The molecule has 1 aromatic carbocycles. The molecule has 20 heavy (non-hydrogen) atoms. The molecule has 0 fully saturated rings. The molecule has 2 N–H and O–H groups in total. The summed E-state index contributed by atoms with van der Waals surface area (Å²) in [5.41, 5.74) is 10.7. The highest BCUT2D eigenvalue weighted by atomic mass is 32.2. The quantitative estimate of drug-likeness (QED) is 0.918. The zero-order valence-electron chi connectivity index (χ0n) is 11.3. The van der Waals surface area contributed by atoms with Crippen LogP contribution in [0.3, 0.4) is 0 Å². The summed E-state index contributed by atoms with van der Waals surface area (Å²) in [6.07, 6.45) is 4.18. The molecule has 1 aromatic heterocycles. The number of hydrogen-bond acceptors (Lipinski definition) is 3. The smallest absolute Gasteiger partial charge is 0.0482 e. The minimum absolute atomic E-state index is 0.183. The molecule has 0 amide bonds. The van der Waals surface area contributed by atoms with Crippen molar-refractivity contribution < 1.29 is 0 Å². The summed E-state index contributed by atoms with van der Waals surface area (Å²) in [4.78, 5) is 6.01. The van der Waals surface area contributed by atoms with Crippen molar-refractivity contribution >= 4 is 11.8 Å². The van der Waals surface area contributed by atoms with Crippen LogP contribution in [0.4, 0.5) is 0 Å². The molecule has 2 heterocycles. The van der Waals surface area contributed by atoms with Crippen molar-refractivity contribution in [2.75, 3.05) is 5.75 Å². The van der Waals surface area contributed by atoms with Crippen LogP contribution in [0.1, 0.15) is 35.1 Å². The van der Waals surface area contributed by atoms with Crippen molar-refractivity contribution in [3.8, 4) is 0 Å². The highest BCUT2D eigenvalue weighted by Crippen LogP contribution is 2.45. The standard InChI is InChI=1S/C17H18N2S/c18-16(13-8-7-11-4-3-9-19-17(11)13)14-10-20-15-6-2-1-5-12(14)15/h1-6,9,13-14,16H,7-8,10,18H2. The number of fused-ring (bicyclic) bond motifs is 2. The van der Waals surface area contributed by atoms with Gasteiger partial charge in [-0.3, -0.25) is 4.98 Å². The summed E-state index contributed by atoms with van der Waals surface area (Å²) in [6.45, 7) is 0. The average molecular weight is 282 g/mol. The van der Waals surface area contributed by atoms with Gasteiger partial charge < -0.3 is 5.73 Å². The van der Waals surface area contributed by atoms with Crippen LogP contribution in [0.5, 0.6) is 0 Å². The van der Waals surface area contributed by atoms with Crippen molar-refractivity contribution in [3.05, 3.63) is 59.4 Å². The maximum atomic E-state index is 6.66. The van der Waals surface area contributed by atoms with E-state index in [1.165, 1.54) is 21.7 Å². The van der Waals surface area contributed by atoms with Gasteiger partial charge in [-0.2, -0.15) is 0 Å². The van der Waals surface area contributed by atoms with E-state index in [1.54, 1.807) is 0 Å². The zero-order chi connectivity index (χ0) is 13.5. The van der Waals surface area contributed by atoms with Gasteiger partial charge in [0.25, 0.3) is 0 Å². The summed E-state index contributed by atoms with van der Waals surface area (Å²) in [7, 11) is 0. The van der Waals surface area contributed by atoms with E-state index in [0.29, 0.717) is 11.8 Å². The van der Waals surface area contributed by atoms with Crippen LogP contribution in [-0.4, -0.2) is 16.8 Å². The van der Waals surface area contributed by atoms with Crippen LogP contribution < -0.4 is 5.73 Å². The van der Waals surface area contributed by atoms with Gasteiger partial charge in [-0.25, -0.2) is 0 Å². The topological polar surface area (TPSA) is 38.9 Å². The number of aromatic nitrogens is 1.